The van der Waals surface area contributed by atoms with E-state index in [4.69, 9.17) is 16.3 Å². The van der Waals surface area contributed by atoms with Crippen LogP contribution < -0.4 is 14.5 Å². The summed E-state index contributed by atoms with van der Waals surface area (Å²) in [5.41, 5.74) is 3.10. The van der Waals surface area contributed by atoms with E-state index in [1.165, 1.54) is 22.6 Å². The molecule has 9 heteroatoms. The number of halogens is 2. The van der Waals surface area contributed by atoms with Gasteiger partial charge in [-0.2, -0.15) is 5.10 Å². The SMILES string of the molecule is COc1ccc(C)cc1N1CCN(c2ncnc3c2cnn3-c2cccc(Cl)c2F)CC1. The van der Waals surface area contributed by atoms with E-state index in [0.717, 1.165) is 48.8 Å². The Bertz CT molecular complexity index is 1280. The summed E-state index contributed by atoms with van der Waals surface area (Å²) in [6.45, 7) is 5.28. The Morgan fingerprint density at radius 1 is 1.00 bits per heavy atom. The molecule has 2 aromatic heterocycles. The van der Waals surface area contributed by atoms with Crippen molar-refractivity contribution in [1.29, 1.82) is 0 Å². The molecule has 0 atom stereocenters. The summed E-state index contributed by atoms with van der Waals surface area (Å²) >= 11 is 5.96. The maximum atomic E-state index is 14.6. The second kappa shape index (κ2) is 8.27. The van der Waals surface area contributed by atoms with Crippen LogP contribution in [0.5, 0.6) is 5.75 Å². The van der Waals surface area contributed by atoms with E-state index < -0.39 is 5.82 Å². The summed E-state index contributed by atoms with van der Waals surface area (Å²) in [4.78, 5) is 13.4. The third-order valence-electron chi connectivity index (χ3n) is 5.76. The fourth-order valence-corrected chi connectivity index (χ4v) is 4.29. The Labute approximate surface area is 190 Å². The third-order valence-corrected chi connectivity index (χ3v) is 6.05. The van der Waals surface area contributed by atoms with Gasteiger partial charge in [-0.1, -0.05) is 23.7 Å². The summed E-state index contributed by atoms with van der Waals surface area (Å²) in [7, 11) is 1.70. The van der Waals surface area contributed by atoms with Crippen LogP contribution in [0.2, 0.25) is 5.02 Å². The highest BCUT2D eigenvalue weighted by Gasteiger charge is 2.24. The molecule has 2 aromatic carbocycles. The number of ether oxygens (including phenoxy) is 1. The number of piperazine rings is 1. The summed E-state index contributed by atoms with van der Waals surface area (Å²) in [6, 6.07) is 11.0. The third kappa shape index (κ3) is 3.50. The number of benzene rings is 2. The molecule has 0 radical (unpaired) electrons. The van der Waals surface area contributed by atoms with Crippen LogP contribution in [0.3, 0.4) is 0 Å². The summed E-state index contributed by atoms with van der Waals surface area (Å²) in [5.74, 6) is 1.14. The summed E-state index contributed by atoms with van der Waals surface area (Å²) in [6.07, 6.45) is 3.18. The number of methoxy groups -OCH3 is 1. The van der Waals surface area contributed by atoms with Gasteiger partial charge in [0.05, 0.1) is 29.4 Å². The molecule has 0 spiro atoms. The van der Waals surface area contributed by atoms with Crippen molar-refractivity contribution in [2.75, 3.05) is 43.1 Å². The highest BCUT2D eigenvalue weighted by Crippen LogP contribution is 2.32. The Hall–Kier alpha value is -3.39. The molecule has 164 valence electrons. The van der Waals surface area contributed by atoms with Gasteiger partial charge in [0, 0.05) is 26.2 Å². The van der Waals surface area contributed by atoms with Gasteiger partial charge >= 0.3 is 0 Å². The van der Waals surface area contributed by atoms with E-state index in [1.807, 2.05) is 6.07 Å². The summed E-state index contributed by atoms with van der Waals surface area (Å²) < 4.78 is 21.6. The van der Waals surface area contributed by atoms with Crippen LogP contribution in [-0.2, 0) is 0 Å². The predicted octanol–water partition coefficient (Wildman–Crippen LogP) is 4.25. The van der Waals surface area contributed by atoms with Crippen molar-refractivity contribution in [2.24, 2.45) is 0 Å². The first-order valence-corrected chi connectivity index (χ1v) is 10.7. The van der Waals surface area contributed by atoms with E-state index in [9.17, 15) is 4.39 Å². The minimum atomic E-state index is -0.528. The minimum Gasteiger partial charge on any atom is -0.495 e. The second-order valence-corrected chi connectivity index (χ2v) is 8.12. The lowest BCUT2D eigenvalue weighted by molar-refractivity contribution is 0.413. The van der Waals surface area contributed by atoms with Crippen molar-refractivity contribution in [3.63, 3.8) is 0 Å². The van der Waals surface area contributed by atoms with Crippen LogP contribution in [0.4, 0.5) is 15.9 Å². The molecule has 1 aliphatic heterocycles. The molecule has 0 unspecified atom stereocenters. The van der Waals surface area contributed by atoms with Gasteiger partial charge in [0.25, 0.3) is 0 Å². The number of aromatic nitrogens is 4. The van der Waals surface area contributed by atoms with Crippen LogP contribution in [0.1, 0.15) is 5.56 Å². The van der Waals surface area contributed by atoms with Crippen molar-refractivity contribution in [3.8, 4) is 11.4 Å². The van der Waals surface area contributed by atoms with Crippen LogP contribution in [0.25, 0.3) is 16.7 Å². The molecule has 7 nitrogen and oxygen atoms in total. The maximum absolute atomic E-state index is 14.6. The van der Waals surface area contributed by atoms with E-state index in [0.29, 0.717) is 5.65 Å². The topological polar surface area (TPSA) is 59.3 Å². The molecule has 5 rings (SSSR count). The van der Waals surface area contributed by atoms with Crippen LogP contribution in [-0.4, -0.2) is 53.0 Å². The molecule has 0 saturated carbocycles. The number of hydrogen-bond donors (Lipinski definition) is 0. The number of aryl methyl sites for hydroxylation is 1. The molecule has 32 heavy (non-hydrogen) atoms. The second-order valence-electron chi connectivity index (χ2n) is 7.71. The molecule has 1 aliphatic rings. The van der Waals surface area contributed by atoms with Crippen molar-refractivity contribution in [1.82, 2.24) is 19.7 Å². The van der Waals surface area contributed by atoms with Crippen LogP contribution >= 0.6 is 11.6 Å². The molecule has 1 saturated heterocycles. The number of nitrogens with zero attached hydrogens (tertiary/aromatic N) is 6. The molecular formula is C23H22ClFN6O. The lowest BCUT2D eigenvalue weighted by Gasteiger charge is -2.37. The first-order chi connectivity index (χ1) is 15.6. The van der Waals surface area contributed by atoms with Crippen molar-refractivity contribution >= 4 is 34.1 Å². The van der Waals surface area contributed by atoms with Crippen molar-refractivity contribution in [2.45, 2.75) is 6.92 Å². The van der Waals surface area contributed by atoms with Gasteiger partial charge < -0.3 is 14.5 Å². The number of fused-ring (bicyclic) bond motifs is 1. The smallest absolute Gasteiger partial charge is 0.168 e. The number of rotatable bonds is 4. The molecule has 1 fully saturated rings. The van der Waals surface area contributed by atoms with Gasteiger partial charge in [0.1, 0.15) is 23.6 Å². The normalized spacial score (nSPS) is 14.2. The van der Waals surface area contributed by atoms with Crippen LogP contribution in [0.15, 0.2) is 48.9 Å². The van der Waals surface area contributed by atoms with E-state index in [-0.39, 0.29) is 10.7 Å². The fourth-order valence-electron chi connectivity index (χ4n) is 4.12. The summed E-state index contributed by atoms with van der Waals surface area (Å²) in [5, 5.41) is 5.20. The van der Waals surface area contributed by atoms with Crippen LogP contribution in [0, 0.1) is 12.7 Å². The van der Waals surface area contributed by atoms with E-state index in [2.05, 4.69) is 43.9 Å². The highest BCUT2D eigenvalue weighted by molar-refractivity contribution is 6.30. The Balaban J connectivity index is 1.43. The highest BCUT2D eigenvalue weighted by atomic mass is 35.5. The predicted molar refractivity (Wildman–Crippen MR) is 124 cm³/mol. The average molecular weight is 453 g/mol. The minimum absolute atomic E-state index is 0.0446. The fraction of sp³-hybridized carbons (Fsp3) is 0.261. The Kier molecular flexibility index (Phi) is 5.30. The van der Waals surface area contributed by atoms with Gasteiger partial charge in [-0.15, -0.1) is 0 Å². The molecule has 0 N–H and O–H groups in total. The number of anilines is 2. The van der Waals surface area contributed by atoms with Gasteiger partial charge in [-0.25, -0.2) is 19.0 Å². The largest absolute Gasteiger partial charge is 0.495 e. The number of hydrogen-bond acceptors (Lipinski definition) is 6. The van der Waals surface area contributed by atoms with E-state index in [1.54, 1.807) is 25.4 Å². The molecular weight excluding hydrogens is 431 g/mol. The van der Waals surface area contributed by atoms with Gasteiger partial charge in [-0.05, 0) is 36.8 Å². The Morgan fingerprint density at radius 2 is 1.78 bits per heavy atom. The first kappa shape index (κ1) is 20.5. The van der Waals surface area contributed by atoms with Crippen molar-refractivity contribution in [3.05, 3.63) is 65.3 Å². The zero-order valence-corrected chi connectivity index (χ0v) is 18.6. The average Bonchev–Trinajstić information content (AvgIpc) is 3.25. The standard InChI is InChI=1S/C23H22ClFN6O/c1-15-6-7-20(32-2)19(12-15)29-8-10-30(11-9-29)22-16-13-28-31(23(16)27-14-26-22)18-5-3-4-17(24)21(18)25/h3-7,12-14H,8-11H2,1-2H3. The first-order valence-electron chi connectivity index (χ1n) is 10.3. The quantitative estimate of drug-likeness (QED) is 0.461. The van der Waals surface area contributed by atoms with Gasteiger partial charge in [0.15, 0.2) is 11.5 Å². The Morgan fingerprint density at radius 3 is 2.56 bits per heavy atom. The lowest BCUT2D eigenvalue weighted by Crippen LogP contribution is -2.47. The zero-order valence-electron chi connectivity index (χ0n) is 17.8. The van der Waals surface area contributed by atoms with Crippen molar-refractivity contribution < 1.29 is 9.13 Å². The molecule has 3 heterocycles. The molecule has 0 bridgehead atoms. The lowest BCUT2D eigenvalue weighted by atomic mass is 10.1. The van der Waals surface area contributed by atoms with Gasteiger partial charge in [-0.3, -0.25) is 0 Å². The molecule has 0 aliphatic carbocycles. The van der Waals surface area contributed by atoms with Gasteiger partial charge in [0.2, 0.25) is 0 Å². The van der Waals surface area contributed by atoms with E-state index >= 15 is 0 Å². The maximum Gasteiger partial charge on any atom is 0.168 e. The monoisotopic (exact) mass is 452 g/mol. The molecule has 4 aromatic rings. The molecule has 0 amide bonds. The zero-order chi connectivity index (χ0) is 22.2.